The van der Waals surface area contributed by atoms with Crippen molar-refractivity contribution in [3.8, 4) is 5.75 Å². The number of amides is 1. The molecule has 0 aliphatic carbocycles. The number of rotatable bonds is 4. The predicted molar refractivity (Wildman–Crippen MR) is 55.7 cm³/mol. The molecule has 0 aliphatic heterocycles. The highest BCUT2D eigenvalue weighted by molar-refractivity contribution is 5.94. The summed E-state index contributed by atoms with van der Waals surface area (Å²) in [6, 6.07) is 6.56. The zero-order chi connectivity index (χ0) is 11.4. The van der Waals surface area contributed by atoms with Gasteiger partial charge in [-0.3, -0.25) is 9.59 Å². The average Bonchev–Trinajstić information content (AvgIpc) is 2.18. The van der Waals surface area contributed by atoms with E-state index in [1.807, 2.05) is 0 Å². The number of hydrogen-bond acceptors (Lipinski definition) is 3. The molecule has 4 heteroatoms. The molecular weight excluding hydrogens is 194 g/mol. The quantitative estimate of drug-likeness (QED) is 0.753. The van der Waals surface area contributed by atoms with E-state index in [0.29, 0.717) is 11.3 Å². The molecule has 0 bridgehead atoms. The molecular formula is C11H13NO3. The maximum Gasteiger partial charge on any atom is 0.258 e. The highest BCUT2D eigenvalue weighted by Gasteiger charge is 2.09. The fourth-order valence-electron chi connectivity index (χ4n) is 1.03. The molecule has 0 unspecified atom stereocenters. The molecule has 15 heavy (non-hydrogen) atoms. The summed E-state index contributed by atoms with van der Waals surface area (Å²) in [6.45, 7) is 3.06. The van der Waals surface area contributed by atoms with Crippen LogP contribution in [0.5, 0.6) is 5.75 Å². The summed E-state index contributed by atoms with van der Waals surface area (Å²) < 4.78 is 5.22. The van der Waals surface area contributed by atoms with Gasteiger partial charge in [0.1, 0.15) is 5.75 Å². The molecule has 4 nitrogen and oxygen atoms in total. The molecule has 80 valence electrons. The van der Waals surface area contributed by atoms with Gasteiger partial charge in [-0.2, -0.15) is 0 Å². The Morgan fingerprint density at radius 3 is 2.20 bits per heavy atom. The van der Waals surface area contributed by atoms with Crippen LogP contribution in [-0.2, 0) is 4.79 Å². The van der Waals surface area contributed by atoms with Crippen LogP contribution in [0.25, 0.3) is 0 Å². The van der Waals surface area contributed by atoms with Crippen LogP contribution in [0.4, 0.5) is 0 Å². The Hall–Kier alpha value is -1.84. The first-order valence-corrected chi connectivity index (χ1v) is 4.57. The number of ketones is 1. The van der Waals surface area contributed by atoms with Crippen LogP contribution in [-0.4, -0.2) is 17.8 Å². The zero-order valence-corrected chi connectivity index (χ0v) is 8.69. The Kier molecular flexibility index (Phi) is 3.44. The van der Waals surface area contributed by atoms with E-state index in [0.717, 1.165) is 0 Å². The number of carbonyl (C=O) groups is 2. The number of benzene rings is 1. The minimum atomic E-state index is -0.673. The molecule has 2 N–H and O–H groups in total. The van der Waals surface area contributed by atoms with E-state index >= 15 is 0 Å². The Labute approximate surface area is 88.0 Å². The molecule has 0 radical (unpaired) electrons. The van der Waals surface area contributed by atoms with Crippen LogP contribution in [0.15, 0.2) is 24.3 Å². The van der Waals surface area contributed by atoms with Crippen LogP contribution in [0.3, 0.4) is 0 Å². The van der Waals surface area contributed by atoms with Crippen LogP contribution >= 0.6 is 0 Å². The van der Waals surface area contributed by atoms with Crippen molar-refractivity contribution in [1.82, 2.24) is 0 Å². The van der Waals surface area contributed by atoms with E-state index in [4.69, 9.17) is 10.5 Å². The van der Waals surface area contributed by atoms with Crippen LogP contribution in [0.2, 0.25) is 0 Å². The van der Waals surface area contributed by atoms with Gasteiger partial charge in [-0.1, -0.05) is 0 Å². The lowest BCUT2D eigenvalue weighted by Crippen LogP contribution is -2.30. The second kappa shape index (κ2) is 4.59. The Morgan fingerprint density at radius 2 is 1.80 bits per heavy atom. The van der Waals surface area contributed by atoms with E-state index < -0.39 is 12.0 Å². The fraction of sp³-hybridized carbons (Fsp3) is 0.273. The van der Waals surface area contributed by atoms with E-state index in [9.17, 15) is 9.59 Å². The van der Waals surface area contributed by atoms with Gasteiger partial charge in [0.25, 0.3) is 5.91 Å². The number of carbonyl (C=O) groups excluding carboxylic acids is 2. The first-order chi connectivity index (χ1) is 7.00. The lowest BCUT2D eigenvalue weighted by molar-refractivity contribution is -0.123. The third-order valence-electron chi connectivity index (χ3n) is 1.97. The fourth-order valence-corrected chi connectivity index (χ4v) is 1.03. The van der Waals surface area contributed by atoms with Gasteiger partial charge in [-0.15, -0.1) is 0 Å². The number of hydrogen-bond donors (Lipinski definition) is 1. The highest BCUT2D eigenvalue weighted by atomic mass is 16.5. The van der Waals surface area contributed by atoms with Gasteiger partial charge in [-0.05, 0) is 38.1 Å². The molecule has 1 amide bonds. The Balaban J connectivity index is 2.72. The first-order valence-electron chi connectivity index (χ1n) is 4.57. The summed E-state index contributed by atoms with van der Waals surface area (Å²) in [4.78, 5) is 21.7. The second-order valence-corrected chi connectivity index (χ2v) is 3.24. The highest BCUT2D eigenvalue weighted by Crippen LogP contribution is 2.14. The molecule has 1 atom stereocenters. The van der Waals surface area contributed by atoms with E-state index in [2.05, 4.69) is 0 Å². The van der Waals surface area contributed by atoms with Crippen molar-refractivity contribution in [3.05, 3.63) is 29.8 Å². The van der Waals surface area contributed by atoms with Gasteiger partial charge < -0.3 is 10.5 Å². The number of primary amides is 1. The standard InChI is InChI=1S/C11H13NO3/c1-7(13)9-3-5-10(6-4-9)15-8(2)11(12)14/h3-6,8H,1-2H3,(H2,12,14)/t8-/m1/s1. The van der Waals surface area contributed by atoms with Crippen molar-refractivity contribution >= 4 is 11.7 Å². The molecule has 0 aliphatic rings. The van der Waals surface area contributed by atoms with Crippen LogP contribution in [0, 0.1) is 0 Å². The van der Waals surface area contributed by atoms with Crippen molar-refractivity contribution in [1.29, 1.82) is 0 Å². The maximum absolute atomic E-state index is 11.0. The second-order valence-electron chi connectivity index (χ2n) is 3.24. The monoisotopic (exact) mass is 207 g/mol. The zero-order valence-electron chi connectivity index (χ0n) is 8.69. The number of Topliss-reactive ketones (excluding diaryl/α,β-unsaturated/α-hetero) is 1. The average molecular weight is 207 g/mol. The van der Waals surface area contributed by atoms with Crippen molar-refractivity contribution < 1.29 is 14.3 Å². The van der Waals surface area contributed by atoms with Crippen molar-refractivity contribution in [2.45, 2.75) is 20.0 Å². The largest absolute Gasteiger partial charge is 0.481 e. The molecule has 0 saturated heterocycles. The summed E-state index contributed by atoms with van der Waals surface area (Å²) in [7, 11) is 0. The molecule has 0 spiro atoms. The van der Waals surface area contributed by atoms with Gasteiger partial charge in [-0.25, -0.2) is 0 Å². The third-order valence-corrected chi connectivity index (χ3v) is 1.97. The third kappa shape index (κ3) is 3.09. The van der Waals surface area contributed by atoms with Crippen molar-refractivity contribution in [2.24, 2.45) is 5.73 Å². The van der Waals surface area contributed by atoms with Crippen molar-refractivity contribution in [3.63, 3.8) is 0 Å². The van der Waals surface area contributed by atoms with E-state index in [1.54, 1.807) is 31.2 Å². The van der Waals surface area contributed by atoms with Crippen LogP contribution < -0.4 is 10.5 Å². The molecule has 0 saturated carbocycles. The summed E-state index contributed by atoms with van der Waals surface area (Å²) in [5, 5.41) is 0. The van der Waals surface area contributed by atoms with Crippen molar-refractivity contribution in [2.75, 3.05) is 0 Å². The van der Waals surface area contributed by atoms with Gasteiger partial charge >= 0.3 is 0 Å². The number of nitrogens with two attached hydrogens (primary N) is 1. The lowest BCUT2D eigenvalue weighted by atomic mass is 10.1. The summed E-state index contributed by atoms with van der Waals surface area (Å²) in [5.41, 5.74) is 5.65. The smallest absolute Gasteiger partial charge is 0.258 e. The number of ether oxygens (including phenoxy) is 1. The van der Waals surface area contributed by atoms with Gasteiger partial charge in [0.05, 0.1) is 0 Å². The topological polar surface area (TPSA) is 69.4 Å². The molecule has 0 aromatic heterocycles. The van der Waals surface area contributed by atoms with Gasteiger partial charge in [0, 0.05) is 5.56 Å². The maximum atomic E-state index is 11.0. The normalized spacial score (nSPS) is 11.9. The first kappa shape index (κ1) is 11.2. The Bertz CT molecular complexity index is 370. The summed E-state index contributed by atoms with van der Waals surface area (Å²) >= 11 is 0. The van der Waals surface area contributed by atoms with Gasteiger partial charge in [0.15, 0.2) is 11.9 Å². The summed E-state index contributed by atoms with van der Waals surface area (Å²) in [5.74, 6) is -0.0126. The van der Waals surface area contributed by atoms with E-state index in [1.165, 1.54) is 6.92 Å². The lowest BCUT2D eigenvalue weighted by Gasteiger charge is -2.10. The molecule has 0 heterocycles. The molecule has 0 fully saturated rings. The molecule has 1 rings (SSSR count). The minimum absolute atomic E-state index is 0.00972. The summed E-state index contributed by atoms with van der Waals surface area (Å²) in [6.07, 6.45) is -0.673. The Morgan fingerprint density at radius 1 is 1.27 bits per heavy atom. The molecule has 1 aromatic carbocycles. The minimum Gasteiger partial charge on any atom is -0.481 e. The van der Waals surface area contributed by atoms with E-state index in [-0.39, 0.29) is 5.78 Å². The molecule has 1 aromatic rings. The predicted octanol–water partition coefficient (Wildman–Crippen LogP) is 1.14. The van der Waals surface area contributed by atoms with Gasteiger partial charge in [0.2, 0.25) is 0 Å². The van der Waals surface area contributed by atoms with Crippen LogP contribution in [0.1, 0.15) is 24.2 Å². The SMILES string of the molecule is CC(=O)c1ccc(O[C@H](C)C(N)=O)cc1.